The van der Waals surface area contributed by atoms with Crippen molar-refractivity contribution < 1.29 is 14.7 Å². The summed E-state index contributed by atoms with van der Waals surface area (Å²) in [4.78, 5) is 26.6. The molecule has 1 amide bonds. The molecule has 2 heterocycles. The quantitative estimate of drug-likeness (QED) is 0.908. The van der Waals surface area contributed by atoms with Crippen molar-refractivity contribution >= 4 is 23.2 Å². The Morgan fingerprint density at radius 2 is 2.20 bits per heavy atom. The molecule has 0 saturated carbocycles. The second kappa shape index (κ2) is 5.95. The molecule has 1 aromatic rings. The van der Waals surface area contributed by atoms with Gasteiger partial charge in [-0.1, -0.05) is 20.3 Å². The molecule has 0 bridgehead atoms. The number of thiophene rings is 1. The molecule has 5 heteroatoms. The highest BCUT2D eigenvalue weighted by atomic mass is 32.1. The van der Waals surface area contributed by atoms with Crippen molar-refractivity contribution in [1.82, 2.24) is 4.90 Å². The summed E-state index contributed by atoms with van der Waals surface area (Å²) in [5, 5.41) is 11.4. The van der Waals surface area contributed by atoms with Crippen molar-refractivity contribution in [2.45, 2.75) is 39.5 Å². The van der Waals surface area contributed by atoms with Crippen LogP contribution in [0, 0.1) is 5.41 Å². The Balaban J connectivity index is 2.16. The standard InChI is InChI=1S/C15H21NO3S/c1-3-6-15(14(18)19)7-8-16(10-15)13(17)12-11(4-2)5-9-20-12/h5,9H,3-4,6-8,10H2,1-2H3,(H,18,19). The zero-order valence-electron chi connectivity index (χ0n) is 12.0. The second-order valence-corrected chi connectivity index (χ2v) is 6.36. The number of likely N-dealkylation sites (tertiary alicyclic amines) is 1. The largest absolute Gasteiger partial charge is 0.481 e. The summed E-state index contributed by atoms with van der Waals surface area (Å²) in [7, 11) is 0. The molecule has 2 rings (SSSR count). The van der Waals surface area contributed by atoms with Crippen LogP contribution < -0.4 is 0 Å². The number of carboxylic acid groups (broad SMARTS) is 1. The van der Waals surface area contributed by atoms with Gasteiger partial charge in [0.1, 0.15) is 0 Å². The molecule has 1 aromatic heterocycles. The normalized spacial score (nSPS) is 22.2. The van der Waals surface area contributed by atoms with Gasteiger partial charge in [-0.2, -0.15) is 0 Å². The van der Waals surface area contributed by atoms with Crippen molar-refractivity contribution in [2.75, 3.05) is 13.1 Å². The average Bonchev–Trinajstić information content (AvgIpc) is 3.05. The van der Waals surface area contributed by atoms with Gasteiger partial charge in [0.2, 0.25) is 0 Å². The highest BCUT2D eigenvalue weighted by Crippen LogP contribution is 2.36. The molecule has 0 aromatic carbocycles. The molecule has 0 radical (unpaired) electrons. The van der Waals surface area contributed by atoms with Gasteiger partial charge >= 0.3 is 5.97 Å². The van der Waals surface area contributed by atoms with Crippen LogP contribution in [0.15, 0.2) is 11.4 Å². The van der Waals surface area contributed by atoms with Crippen LogP contribution in [0.2, 0.25) is 0 Å². The molecule has 1 unspecified atom stereocenters. The van der Waals surface area contributed by atoms with Gasteiger partial charge in [-0.25, -0.2) is 0 Å². The minimum Gasteiger partial charge on any atom is -0.481 e. The molecule has 0 aliphatic carbocycles. The van der Waals surface area contributed by atoms with E-state index < -0.39 is 11.4 Å². The number of hydrogen-bond acceptors (Lipinski definition) is 3. The molecule has 4 nitrogen and oxygen atoms in total. The third kappa shape index (κ3) is 2.59. The van der Waals surface area contributed by atoms with E-state index in [0.717, 1.165) is 23.3 Å². The number of hydrogen-bond donors (Lipinski definition) is 1. The van der Waals surface area contributed by atoms with Crippen LogP contribution >= 0.6 is 11.3 Å². The summed E-state index contributed by atoms with van der Waals surface area (Å²) >= 11 is 1.45. The number of amides is 1. The molecule has 1 aliphatic rings. The van der Waals surface area contributed by atoms with Crippen molar-refractivity contribution in [3.8, 4) is 0 Å². The second-order valence-electron chi connectivity index (χ2n) is 5.44. The van der Waals surface area contributed by atoms with Crippen LogP contribution in [0.3, 0.4) is 0 Å². The minimum absolute atomic E-state index is 0.00363. The molecule has 1 saturated heterocycles. The highest BCUT2D eigenvalue weighted by molar-refractivity contribution is 7.12. The Kier molecular flexibility index (Phi) is 4.48. The predicted octanol–water partition coefficient (Wildman–Crippen LogP) is 3.03. The smallest absolute Gasteiger partial charge is 0.311 e. The first-order chi connectivity index (χ1) is 9.54. The van der Waals surface area contributed by atoms with E-state index in [0.29, 0.717) is 25.9 Å². The Hall–Kier alpha value is -1.36. The van der Waals surface area contributed by atoms with E-state index in [1.54, 1.807) is 4.90 Å². The summed E-state index contributed by atoms with van der Waals surface area (Å²) in [5.74, 6) is -0.771. The van der Waals surface area contributed by atoms with Gasteiger partial charge in [-0.15, -0.1) is 11.3 Å². The SMILES string of the molecule is CCCC1(C(=O)O)CCN(C(=O)c2sccc2CC)C1. The molecule has 0 spiro atoms. The van der Waals surface area contributed by atoms with E-state index in [9.17, 15) is 14.7 Å². The molecule has 1 atom stereocenters. The summed E-state index contributed by atoms with van der Waals surface area (Å²) < 4.78 is 0. The monoisotopic (exact) mass is 295 g/mol. The number of aryl methyl sites for hydroxylation is 1. The first kappa shape index (κ1) is 15.0. The minimum atomic E-state index is -0.767. The van der Waals surface area contributed by atoms with Crippen LogP contribution in [0.4, 0.5) is 0 Å². The van der Waals surface area contributed by atoms with Crippen LogP contribution in [0.25, 0.3) is 0 Å². The van der Waals surface area contributed by atoms with E-state index in [2.05, 4.69) is 0 Å². The number of carboxylic acids is 1. The van der Waals surface area contributed by atoms with E-state index in [-0.39, 0.29) is 5.91 Å². The number of aliphatic carboxylic acids is 1. The zero-order chi connectivity index (χ0) is 14.8. The number of rotatable bonds is 5. The van der Waals surface area contributed by atoms with Crippen molar-refractivity contribution in [1.29, 1.82) is 0 Å². The third-order valence-electron chi connectivity index (χ3n) is 4.15. The van der Waals surface area contributed by atoms with Gasteiger partial charge in [0.05, 0.1) is 10.3 Å². The summed E-state index contributed by atoms with van der Waals surface area (Å²) in [6.45, 7) is 4.91. The van der Waals surface area contributed by atoms with Crippen LogP contribution in [0.5, 0.6) is 0 Å². The third-order valence-corrected chi connectivity index (χ3v) is 5.09. The predicted molar refractivity (Wildman–Crippen MR) is 79.2 cm³/mol. The van der Waals surface area contributed by atoms with Crippen LogP contribution in [0.1, 0.15) is 48.3 Å². The number of carbonyl (C=O) groups excluding carboxylic acids is 1. The van der Waals surface area contributed by atoms with E-state index in [1.165, 1.54) is 11.3 Å². The van der Waals surface area contributed by atoms with Gasteiger partial charge in [-0.05, 0) is 36.3 Å². The van der Waals surface area contributed by atoms with Crippen LogP contribution in [-0.2, 0) is 11.2 Å². The lowest BCUT2D eigenvalue weighted by molar-refractivity contribution is -0.148. The molecular formula is C15H21NO3S. The van der Waals surface area contributed by atoms with Crippen molar-refractivity contribution in [2.24, 2.45) is 5.41 Å². The molecule has 1 aliphatic heterocycles. The van der Waals surface area contributed by atoms with Gasteiger partial charge < -0.3 is 10.0 Å². The van der Waals surface area contributed by atoms with E-state index in [1.807, 2.05) is 25.3 Å². The molecule has 1 N–H and O–H groups in total. The summed E-state index contributed by atoms with van der Waals surface area (Å²) in [6, 6.07) is 1.98. The molecule has 1 fully saturated rings. The van der Waals surface area contributed by atoms with E-state index >= 15 is 0 Å². The fourth-order valence-corrected chi connectivity index (χ4v) is 3.92. The fraction of sp³-hybridized carbons (Fsp3) is 0.600. The first-order valence-corrected chi connectivity index (χ1v) is 8.01. The summed E-state index contributed by atoms with van der Waals surface area (Å²) in [6.07, 6.45) is 2.86. The van der Waals surface area contributed by atoms with Gasteiger partial charge in [0.25, 0.3) is 5.91 Å². The fourth-order valence-electron chi connectivity index (χ4n) is 2.96. The molecule has 20 heavy (non-hydrogen) atoms. The van der Waals surface area contributed by atoms with E-state index in [4.69, 9.17) is 0 Å². The Labute approximate surface area is 123 Å². The average molecular weight is 295 g/mol. The van der Waals surface area contributed by atoms with Crippen LogP contribution in [-0.4, -0.2) is 35.0 Å². The van der Waals surface area contributed by atoms with Crippen molar-refractivity contribution in [3.63, 3.8) is 0 Å². The lowest BCUT2D eigenvalue weighted by Crippen LogP contribution is -2.36. The molecular weight excluding hydrogens is 274 g/mol. The van der Waals surface area contributed by atoms with Gasteiger partial charge in [-0.3, -0.25) is 9.59 Å². The first-order valence-electron chi connectivity index (χ1n) is 7.13. The topological polar surface area (TPSA) is 57.6 Å². The Morgan fingerprint density at radius 3 is 2.80 bits per heavy atom. The highest BCUT2D eigenvalue weighted by Gasteiger charge is 2.45. The Morgan fingerprint density at radius 1 is 1.45 bits per heavy atom. The number of carbonyl (C=O) groups is 2. The maximum Gasteiger partial charge on any atom is 0.311 e. The molecule has 110 valence electrons. The Bertz CT molecular complexity index is 511. The lowest BCUT2D eigenvalue weighted by Gasteiger charge is -2.24. The maximum absolute atomic E-state index is 12.5. The number of nitrogens with zero attached hydrogens (tertiary/aromatic N) is 1. The maximum atomic E-state index is 12.5. The van der Waals surface area contributed by atoms with Gasteiger partial charge in [0.15, 0.2) is 0 Å². The van der Waals surface area contributed by atoms with Gasteiger partial charge in [0, 0.05) is 13.1 Å². The summed E-state index contributed by atoms with van der Waals surface area (Å²) in [5.41, 5.74) is 0.317. The lowest BCUT2D eigenvalue weighted by atomic mass is 9.83. The zero-order valence-corrected chi connectivity index (χ0v) is 12.8. The van der Waals surface area contributed by atoms with Crippen molar-refractivity contribution in [3.05, 3.63) is 21.9 Å².